The summed E-state index contributed by atoms with van der Waals surface area (Å²) in [6.07, 6.45) is 1.64. The molecule has 1 aliphatic heterocycles. The van der Waals surface area contributed by atoms with E-state index in [0.717, 1.165) is 16.7 Å². The van der Waals surface area contributed by atoms with Gasteiger partial charge in [0.15, 0.2) is 18.1 Å². The third-order valence-corrected chi connectivity index (χ3v) is 4.54. The molecule has 1 saturated heterocycles. The van der Waals surface area contributed by atoms with E-state index in [0.29, 0.717) is 34.3 Å². The van der Waals surface area contributed by atoms with Crippen LogP contribution in [0, 0.1) is 11.3 Å². The van der Waals surface area contributed by atoms with Gasteiger partial charge in [-0.05, 0) is 54.6 Å². The van der Waals surface area contributed by atoms with E-state index in [4.69, 9.17) is 14.7 Å². The van der Waals surface area contributed by atoms with Crippen molar-refractivity contribution in [2.45, 2.75) is 6.92 Å². The molecule has 2 aromatic rings. The SMILES string of the molecule is CCOc1cc(C=C2SC(=O)N(c3ccccc3)C2=O)ccc1OCC#N. The fourth-order valence-corrected chi connectivity index (χ4v) is 3.37. The summed E-state index contributed by atoms with van der Waals surface area (Å²) < 4.78 is 10.9. The fraction of sp³-hybridized carbons (Fsp3) is 0.150. The van der Waals surface area contributed by atoms with E-state index in [1.165, 1.54) is 0 Å². The molecule has 6 nitrogen and oxygen atoms in total. The molecule has 2 aromatic carbocycles. The maximum absolute atomic E-state index is 12.7. The Morgan fingerprint density at radius 2 is 1.89 bits per heavy atom. The molecule has 0 radical (unpaired) electrons. The fourth-order valence-electron chi connectivity index (χ4n) is 2.53. The molecule has 0 aromatic heterocycles. The van der Waals surface area contributed by atoms with Crippen LogP contribution in [-0.4, -0.2) is 24.4 Å². The number of hydrogen-bond donors (Lipinski definition) is 0. The summed E-state index contributed by atoms with van der Waals surface area (Å²) in [6, 6.07) is 15.8. The molecular formula is C20H16N2O4S. The maximum atomic E-state index is 12.7. The van der Waals surface area contributed by atoms with Crippen LogP contribution in [-0.2, 0) is 4.79 Å². The van der Waals surface area contributed by atoms with Gasteiger partial charge in [-0.3, -0.25) is 9.59 Å². The van der Waals surface area contributed by atoms with Crippen LogP contribution >= 0.6 is 11.8 Å². The first-order chi connectivity index (χ1) is 13.1. The summed E-state index contributed by atoms with van der Waals surface area (Å²) in [6.45, 7) is 2.18. The lowest BCUT2D eigenvalue weighted by molar-refractivity contribution is -0.113. The average molecular weight is 380 g/mol. The first-order valence-corrected chi connectivity index (χ1v) is 9.05. The second-order valence-electron chi connectivity index (χ2n) is 5.44. The van der Waals surface area contributed by atoms with Gasteiger partial charge in [0.2, 0.25) is 0 Å². The van der Waals surface area contributed by atoms with Gasteiger partial charge in [0, 0.05) is 0 Å². The zero-order chi connectivity index (χ0) is 19.2. The van der Waals surface area contributed by atoms with E-state index >= 15 is 0 Å². The Labute approximate surface area is 161 Å². The van der Waals surface area contributed by atoms with E-state index in [-0.39, 0.29) is 17.8 Å². The number of nitriles is 1. The van der Waals surface area contributed by atoms with Gasteiger partial charge in [-0.15, -0.1) is 0 Å². The monoisotopic (exact) mass is 380 g/mol. The second-order valence-corrected chi connectivity index (χ2v) is 6.43. The minimum absolute atomic E-state index is 0.0879. The minimum Gasteiger partial charge on any atom is -0.490 e. The Balaban J connectivity index is 1.88. The number of carbonyl (C=O) groups is 2. The Hall–Kier alpha value is -3.24. The molecule has 0 spiro atoms. The zero-order valence-electron chi connectivity index (χ0n) is 14.5. The zero-order valence-corrected chi connectivity index (χ0v) is 15.4. The molecule has 1 aliphatic rings. The number of nitrogens with zero attached hydrogens (tertiary/aromatic N) is 2. The highest BCUT2D eigenvalue weighted by Crippen LogP contribution is 2.36. The first-order valence-electron chi connectivity index (χ1n) is 8.23. The Morgan fingerprint density at radius 3 is 2.59 bits per heavy atom. The van der Waals surface area contributed by atoms with E-state index in [1.807, 2.05) is 19.1 Å². The van der Waals surface area contributed by atoms with Crippen LogP contribution in [0.1, 0.15) is 12.5 Å². The van der Waals surface area contributed by atoms with Gasteiger partial charge in [0.1, 0.15) is 6.07 Å². The van der Waals surface area contributed by atoms with Gasteiger partial charge in [0.05, 0.1) is 17.2 Å². The minimum atomic E-state index is -0.362. The van der Waals surface area contributed by atoms with Crippen molar-refractivity contribution in [1.82, 2.24) is 0 Å². The molecule has 136 valence electrons. The van der Waals surface area contributed by atoms with Gasteiger partial charge in [0.25, 0.3) is 11.1 Å². The average Bonchev–Trinajstić information content (AvgIpc) is 2.95. The van der Waals surface area contributed by atoms with Crippen LogP contribution in [0.25, 0.3) is 6.08 Å². The standard InChI is InChI=1S/C20H16N2O4S/c1-2-25-17-12-14(8-9-16(17)26-11-10-21)13-18-19(23)22(20(24)27-18)15-6-4-3-5-7-15/h3-9,12-13H,2,11H2,1H3. The van der Waals surface area contributed by atoms with Gasteiger partial charge in [-0.1, -0.05) is 24.3 Å². The predicted octanol–water partition coefficient (Wildman–Crippen LogP) is 4.23. The van der Waals surface area contributed by atoms with E-state index in [1.54, 1.807) is 48.5 Å². The van der Waals surface area contributed by atoms with Crippen molar-refractivity contribution in [3.8, 4) is 17.6 Å². The van der Waals surface area contributed by atoms with Crippen molar-refractivity contribution in [3.05, 3.63) is 59.0 Å². The first kappa shape index (κ1) is 18.5. The van der Waals surface area contributed by atoms with Crippen molar-refractivity contribution in [2.75, 3.05) is 18.1 Å². The molecule has 3 rings (SSSR count). The van der Waals surface area contributed by atoms with Crippen LogP contribution in [0.2, 0.25) is 0 Å². The second kappa shape index (κ2) is 8.43. The van der Waals surface area contributed by atoms with Gasteiger partial charge < -0.3 is 9.47 Å². The van der Waals surface area contributed by atoms with Crippen molar-refractivity contribution < 1.29 is 19.1 Å². The third-order valence-electron chi connectivity index (χ3n) is 3.67. The molecule has 0 saturated carbocycles. The number of hydrogen-bond acceptors (Lipinski definition) is 6. The van der Waals surface area contributed by atoms with Crippen LogP contribution < -0.4 is 14.4 Å². The van der Waals surface area contributed by atoms with Gasteiger partial charge in [-0.25, -0.2) is 4.90 Å². The lowest BCUT2D eigenvalue weighted by Gasteiger charge is -2.12. The highest BCUT2D eigenvalue weighted by atomic mass is 32.2. The number of ether oxygens (including phenoxy) is 2. The number of anilines is 1. The number of benzene rings is 2. The van der Waals surface area contributed by atoms with Crippen molar-refractivity contribution in [2.24, 2.45) is 0 Å². The van der Waals surface area contributed by atoms with Gasteiger partial charge >= 0.3 is 0 Å². The van der Waals surface area contributed by atoms with Crippen LogP contribution in [0.15, 0.2) is 53.4 Å². The summed E-state index contributed by atoms with van der Waals surface area (Å²) in [5.41, 5.74) is 1.24. The molecular weight excluding hydrogens is 364 g/mol. The summed E-state index contributed by atoms with van der Waals surface area (Å²) in [5, 5.41) is 8.33. The van der Waals surface area contributed by atoms with E-state index in [9.17, 15) is 9.59 Å². The largest absolute Gasteiger partial charge is 0.490 e. The number of imide groups is 1. The summed E-state index contributed by atoms with van der Waals surface area (Å²) in [4.78, 5) is 26.4. The highest BCUT2D eigenvalue weighted by molar-refractivity contribution is 8.19. The molecule has 1 fully saturated rings. The molecule has 0 bridgehead atoms. The molecule has 2 amide bonds. The van der Waals surface area contributed by atoms with E-state index < -0.39 is 0 Å². The molecule has 0 atom stereocenters. The lowest BCUT2D eigenvalue weighted by Crippen LogP contribution is -2.27. The molecule has 1 heterocycles. The quantitative estimate of drug-likeness (QED) is 0.698. The number of carbonyl (C=O) groups excluding carboxylic acids is 2. The van der Waals surface area contributed by atoms with Crippen molar-refractivity contribution >= 4 is 34.7 Å². The van der Waals surface area contributed by atoms with Gasteiger partial charge in [-0.2, -0.15) is 5.26 Å². The maximum Gasteiger partial charge on any atom is 0.298 e. The summed E-state index contributed by atoms with van der Waals surface area (Å²) in [7, 11) is 0. The van der Waals surface area contributed by atoms with E-state index in [2.05, 4.69) is 0 Å². The van der Waals surface area contributed by atoms with Crippen LogP contribution in [0.3, 0.4) is 0 Å². The molecule has 0 unspecified atom stereocenters. The lowest BCUT2D eigenvalue weighted by atomic mass is 10.1. The van der Waals surface area contributed by atoms with Crippen molar-refractivity contribution in [3.63, 3.8) is 0 Å². The van der Waals surface area contributed by atoms with Crippen LogP contribution in [0.4, 0.5) is 10.5 Å². The number of amides is 2. The van der Waals surface area contributed by atoms with Crippen molar-refractivity contribution in [1.29, 1.82) is 5.26 Å². The third kappa shape index (κ3) is 4.13. The number of rotatable bonds is 6. The highest BCUT2D eigenvalue weighted by Gasteiger charge is 2.36. The topological polar surface area (TPSA) is 79.6 Å². The number of thioether (sulfide) groups is 1. The Kier molecular flexibility index (Phi) is 5.79. The molecule has 27 heavy (non-hydrogen) atoms. The molecule has 0 N–H and O–H groups in total. The van der Waals surface area contributed by atoms with Crippen LogP contribution in [0.5, 0.6) is 11.5 Å². The smallest absolute Gasteiger partial charge is 0.298 e. The normalized spacial score (nSPS) is 15.1. The molecule has 7 heteroatoms. The Bertz CT molecular complexity index is 935. The number of para-hydroxylation sites is 1. The Morgan fingerprint density at radius 1 is 1.11 bits per heavy atom. The predicted molar refractivity (Wildman–Crippen MR) is 104 cm³/mol. The summed E-state index contributed by atoms with van der Waals surface area (Å²) >= 11 is 0.892. The summed E-state index contributed by atoms with van der Waals surface area (Å²) in [5.74, 6) is 0.565. The molecule has 0 aliphatic carbocycles.